The fourth-order valence-corrected chi connectivity index (χ4v) is 3.33. The molecule has 0 aliphatic carbocycles. The average molecular weight is 378 g/mol. The SMILES string of the molecule is COc1c(C)cnc(Cn2cc([C@@H](O)CO)c3c(Cl)nc(N)nc32)c1C. The molecule has 0 unspecified atom stereocenters. The van der Waals surface area contributed by atoms with Crippen molar-refractivity contribution in [3.63, 3.8) is 0 Å². The van der Waals surface area contributed by atoms with E-state index in [0.29, 0.717) is 23.1 Å². The van der Waals surface area contributed by atoms with Crippen LogP contribution in [0, 0.1) is 13.8 Å². The van der Waals surface area contributed by atoms with Crippen molar-refractivity contribution in [2.24, 2.45) is 0 Å². The van der Waals surface area contributed by atoms with Gasteiger partial charge in [-0.05, 0) is 13.8 Å². The number of rotatable bonds is 5. The van der Waals surface area contributed by atoms with Crippen LogP contribution in [-0.4, -0.2) is 43.4 Å². The van der Waals surface area contributed by atoms with Crippen LogP contribution < -0.4 is 10.5 Å². The number of anilines is 1. The first kappa shape index (κ1) is 18.4. The highest BCUT2D eigenvalue weighted by atomic mass is 35.5. The van der Waals surface area contributed by atoms with Gasteiger partial charge in [0, 0.05) is 29.1 Å². The lowest BCUT2D eigenvalue weighted by atomic mass is 10.1. The zero-order valence-electron chi connectivity index (χ0n) is 14.7. The van der Waals surface area contributed by atoms with Crippen LogP contribution in [0.3, 0.4) is 0 Å². The summed E-state index contributed by atoms with van der Waals surface area (Å²) in [7, 11) is 1.62. The summed E-state index contributed by atoms with van der Waals surface area (Å²) in [4.78, 5) is 12.7. The summed E-state index contributed by atoms with van der Waals surface area (Å²) in [5, 5.41) is 20.1. The van der Waals surface area contributed by atoms with E-state index in [4.69, 9.17) is 22.1 Å². The normalized spacial score (nSPS) is 12.5. The summed E-state index contributed by atoms with van der Waals surface area (Å²) in [5.41, 5.74) is 9.26. The zero-order chi connectivity index (χ0) is 19.0. The van der Waals surface area contributed by atoms with E-state index in [1.165, 1.54) is 0 Å². The molecule has 3 heterocycles. The Kier molecular flexibility index (Phi) is 4.99. The van der Waals surface area contributed by atoms with Crippen LogP contribution in [0.25, 0.3) is 11.0 Å². The van der Waals surface area contributed by atoms with Gasteiger partial charge in [0.1, 0.15) is 22.7 Å². The molecule has 0 aromatic carbocycles. The molecular weight excluding hydrogens is 358 g/mol. The van der Waals surface area contributed by atoms with E-state index in [9.17, 15) is 10.2 Å². The van der Waals surface area contributed by atoms with E-state index in [-0.39, 0.29) is 11.1 Å². The van der Waals surface area contributed by atoms with Gasteiger partial charge in [-0.2, -0.15) is 4.98 Å². The number of ether oxygens (including phenoxy) is 1. The monoisotopic (exact) mass is 377 g/mol. The lowest BCUT2D eigenvalue weighted by Gasteiger charge is -2.13. The lowest BCUT2D eigenvalue weighted by Crippen LogP contribution is -2.07. The topological polar surface area (TPSA) is 119 Å². The number of halogens is 1. The van der Waals surface area contributed by atoms with E-state index < -0.39 is 12.7 Å². The molecule has 0 amide bonds. The van der Waals surface area contributed by atoms with Crippen molar-refractivity contribution in [3.05, 3.63) is 39.9 Å². The molecule has 0 bridgehead atoms. The van der Waals surface area contributed by atoms with Gasteiger partial charge in [0.05, 0.1) is 31.3 Å². The minimum absolute atomic E-state index is 0.0260. The number of pyridine rings is 1. The number of nitrogens with two attached hydrogens (primary N) is 1. The first-order chi connectivity index (χ1) is 12.4. The third-order valence-electron chi connectivity index (χ3n) is 4.32. The fourth-order valence-electron chi connectivity index (χ4n) is 3.05. The maximum atomic E-state index is 10.1. The van der Waals surface area contributed by atoms with Crippen LogP contribution >= 0.6 is 11.6 Å². The average Bonchev–Trinajstić information content (AvgIpc) is 2.96. The number of methoxy groups -OCH3 is 1. The number of aliphatic hydroxyl groups excluding tert-OH is 2. The van der Waals surface area contributed by atoms with Crippen LogP contribution in [0.2, 0.25) is 5.15 Å². The predicted octanol–water partition coefficient (Wildman–Crippen LogP) is 1.76. The van der Waals surface area contributed by atoms with Gasteiger partial charge in [-0.15, -0.1) is 0 Å². The zero-order valence-corrected chi connectivity index (χ0v) is 15.4. The van der Waals surface area contributed by atoms with Crippen molar-refractivity contribution >= 4 is 28.6 Å². The molecule has 0 spiro atoms. The van der Waals surface area contributed by atoms with Crippen molar-refractivity contribution in [1.82, 2.24) is 19.5 Å². The summed E-state index contributed by atoms with van der Waals surface area (Å²) in [5.74, 6) is 0.798. The highest BCUT2D eigenvalue weighted by Crippen LogP contribution is 2.32. The van der Waals surface area contributed by atoms with E-state index in [0.717, 1.165) is 22.6 Å². The molecule has 1 atom stereocenters. The highest BCUT2D eigenvalue weighted by Gasteiger charge is 2.21. The number of nitrogens with zero attached hydrogens (tertiary/aromatic N) is 4. The molecule has 3 rings (SSSR count). The maximum Gasteiger partial charge on any atom is 0.223 e. The Hall–Kier alpha value is -2.42. The van der Waals surface area contributed by atoms with E-state index in [2.05, 4.69) is 15.0 Å². The number of hydrogen-bond donors (Lipinski definition) is 3. The Labute approximate surface area is 155 Å². The van der Waals surface area contributed by atoms with Crippen LogP contribution in [0.15, 0.2) is 12.4 Å². The molecule has 0 saturated heterocycles. The molecule has 0 aliphatic rings. The van der Waals surface area contributed by atoms with Crippen LogP contribution in [-0.2, 0) is 6.54 Å². The van der Waals surface area contributed by atoms with Gasteiger partial charge in [-0.25, -0.2) is 4.98 Å². The summed E-state index contributed by atoms with van der Waals surface area (Å²) in [6.45, 7) is 3.77. The van der Waals surface area contributed by atoms with Crippen molar-refractivity contribution in [2.75, 3.05) is 19.5 Å². The van der Waals surface area contributed by atoms with E-state index in [1.54, 1.807) is 24.1 Å². The van der Waals surface area contributed by atoms with Gasteiger partial charge in [0.25, 0.3) is 0 Å². The van der Waals surface area contributed by atoms with E-state index >= 15 is 0 Å². The summed E-state index contributed by atoms with van der Waals surface area (Å²) in [6, 6.07) is 0. The molecule has 3 aromatic heterocycles. The second kappa shape index (κ2) is 7.06. The number of aryl methyl sites for hydroxylation is 1. The largest absolute Gasteiger partial charge is 0.496 e. The number of aromatic nitrogens is 4. The Morgan fingerprint density at radius 2 is 2.08 bits per heavy atom. The van der Waals surface area contributed by atoms with Gasteiger partial charge in [0.15, 0.2) is 0 Å². The molecule has 0 aliphatic heterocycles. The molecule has 4 N–H and O–H groups in total. The quantitative estimate of drug-likeness (QED) is 0.579. The smallest absolute Gasteiger partial charge is 0.223 e. The minimum atomic E-state index is -1.11. The van der Waals surface area contributed by atoms with Gasteiger partial charge < -0.3 is 25.3 Å². The first-order valence-corrected chi connectivity index (χ1v) is 8.34. The van der Waals surface area contributed by atoms with Crippen molar-refractivity contribution < 1.29 is 14.9 Å². The third-order valence-corrected chi connectivity index (χ3v) is 4.59. The molecular formula is C17H20ClN5O3. The van der Waals surface area contributed by atoms with E-state index in [1.807, 2.05) is 13.8 Å². The number of hydrogen-bond acceptors (Lipinski definition) is 7. The van der Waals surface area contributed by atoms with Crippen molar-refractivity contribution in [1.29, 1.82) is 0 Å². The molecule has 138 valence electrons. The molecule has 0 saturated carbocycles. The van der Waals surface area contributed by atoms with Crippen LogP contribution in [0.4, 0.5) is 5.95 Å². The second-order valence-electron chi connectivity index (χ2n) is 6.03. The van der Waals surface area contributed by atoms with Crippen molar-refractivity contribution in [3.8, 4) is 5.75 Å². The fraction of sp³-hybridized carbons (Fsp3) is 0.353. The number of nitrogen functional groups attached to an aromatic ring is 1. The standard InChI is InChI=1S/C17H20ClN5O3/c1-8-4-20-11(9(2)14(8)26-3)6-23-5-10(12(25)7-24)13-15(18)21-17(19)22-16(13)23/h4-5,12,24-25H,6-7H2,1-3H3,(H2,19,21,22)/t12-/m0/s1. The van der Waals surface area contributed by atoms with Crippen molar-refractivity contribution in [2.45, 2.75) is 26.5 Å². The summed E-state index contributed by atoms with van der Waals surface area (Å²) < 4.78 is 7.23. The van der Waals surface area contributed by atoms with Gasteiger partial charge in [0.2, 0.25) is 5.95 Å². The van der Waals surface area contributed by atoms with Gasteiger partial charge in [-0.3, -0.25) is 4.98 Å². The Bertz CT molecular complexity index is 973. The molecule has 26 heavy (non-hydrogen) atoms. The Morgan fingerprint density at radius 3 is 2.73 bits per heavy atom. The number of aliphatic hydroxyl groups is 2. The molecule has 0 radical (unpaired) electrons. The predicted molar refractivity (Wildman–Crippen MR) is 98.4 cm³/mol. The van der Waals surface area contributed by atoms with Crippen LogP contribution in [0.1, 0.15) is 28.5 Å². The Balaban J connectivity index is 2.17. The van der Waals surface area contributed by atoms with Gasteiger partial charge >= 0.3 is 0 Å². The summed E-state index contributed by atoms with van der Waals surface area (Å²) >= 11 is 6.21. The van der Waals surface area contributed by atoms with Gasteiger partial charge in [-0.1, -0.05) is 11.6 Å². The summed E-state index contributed by atoms with van der Waals surface area (Å²) in [6.07, 6.45) is 2.32. The molecule has 0 fully saturated rings. The lowest BCUT2D eigenvalue weighted by molar-refractivity contribution is 0.0966. The maximum absolute atomic E-state index is 10.1. The minimum Gasteiger partial charge on any atom is -0.496 e. The molecule has 3 aromatic rings. The Morgan fingerprint density at radius 1 is 1.35 bits per heavy atom. The second-order valence-corrected chi connectivity index (χ2v) is 6.39. The molecule has 8 nitrogen and oxygen atoms in total. The first-order valence-electron chi connectivity index (χ1n) is 7.97. The molecule has 9 heteroatoms. The highest BCUT2D eigenvalue weighted by molar-refractivity contribution is 6.34. The van der Waals surface area contributed by atoms with Crippen LogP contribution in [0.5, 0.6) is 5.75 Å². The third kappa shape index (κ3) is 3.07. The number of fused-ring (bicyclic) bond motifs is 1.